The summed E-state index contributed by atoms with van der Waals surface area (Å²) in [5, 5.41) is 7.86. The summed E-state index contributed by atoms with van der Waals surface area (Å²) in [6.45, 7) is 1.90. The van der Waals surface area contributed by atoms with Gasteiger partial charge in [-0.2, -0.15) is 5.10 Å². The van der Waals surface area contributed by atoms with E-state index in [1.165, 1.54) is 0 Å². The average molecular weight is 422 g/mol. The largest absolute Gasteiger partial charge is 0.354 e. The Morgan fingerprint density at radius 1 is 1.03 bits per heavy atom. The third-order valence-corrected chi connectivity index (χ3v) is 5.70. The van der Waals surface area contributed by atoms with Crippen LogP contribution in [-0.2, 0) is 11.2 Å². The maximum absolute atomic E-state index is 12.9. The molecule has 1 aromatic heterocycles. The summed E-state index contributed by atoms with van der Waals surface area (Å²) in [4.78, 5) is 29.0. The lowest BCUT2D eigenvalue weighted by Crippen LogP contribution is -2.23. The summed E-state index contributed by atoms with van der Waals surface area (Å²) < 4.78 is 0. The Bertz CT molecular complexity index is 1340. The van der Waals surface area contributed by atoms with Crippen LogP contribution in [0.3, 0.4) is 0 Å². The average Bonchev–Trinajstić information content (AvgIpc) is 3.09. The van der Waals surface area contributed by atoms with Gasteiger partial charge >= 0.3 is 0 Å². The first-order chi connectivity index (χ1) is 15.6. The van der Waals surface area contributed by atoms with Crippen LogP contribution in [0.5, 0.6) is 0 Å². The van der Waals surface area contributed by atoms with E-state index in [4.69, 9.17) is 0 Å². The molecule has 0 saturated heterocycles. The molecule has 32 heavy (non-hydrogen) atoms. The van der Waals surface area contributed by atoms with E-state index in [1.807, 2.05) is 73.7 Å². The quantitative estimate of drug-likeness (QED) is 0.434. The van der Waals surface area contributed by atoms with Crippen LogP contribution in [0.15, 0.2) is 77.9 Å². The molecule has 0 saturated carbocycles. The third-order valence-electron chi connectivity index (χ3n) is 5.70. The first-order valence-corrected chi connectivity index (χ1v) is 10.5. The maximum Gasteiger partial charge on any atom is 0.272 e. The second-order valence-electron chi connectivity index (χ2n) is 8.01. The van der Waals surface area contributed by atoms with Crippen molar-refractivity contribution in [2.24, 2.45) is 11.0 Å². The van der Waals surface area contributed by atoms with Gasteiger partial charge in [-0.1, -0.05) is 67.6 Å². The molecule has 1 atom stereocenters. The zero-order chi connectivity index (χ0) is 22.1. The third kappa shape index (κ3) is 3.67. The molecule has 4 aromatic rings. The van der Waals surface area contributed by atoms with E-state index < -0.39 is 0 Å². The Hall–Kier alpha value is -4.19. The van der Waals surface area contributed by atoms with E-state index in [0.717, 1.165) is 33.3 Å². The maximum atomic E-state index is 12.9. The second-order valence-corrected chi connectivity index (χ2v) is 8.01. The van der Waals surface area contributed by atoms with Crippen LogP contribution in [0.4, 0.5) is 5.69 Å². The molecule has 3 aromatic carbocycles. The molecule has 0 spiro atoms. The lowest BCUT2D eigenvalue weighted by Gasteiger charge is -2.13. The number of hydrogen-bond donors (Lipinski definition) is 3. The number of aromatic nitrogens is 1. The fourth-order valence-electron chi connectivity index (χ4n) is 4.11. The number of anilines is 1. The predicted molar refractivity (Wildman–Crippen MR) is 127 cm³/mol. The molecular weight excluding hydrogens is 400 g/mol. The molecule has 1 aliphatic heterocycles. The molecule has 0 unspecified atom stereocenters. The number of rotatable bonds is 5. The topological polar surface area (TPSA) is 86.3 Å². The van der Waals surface area contributed by atoms with Gasteiger partial charge in [0.1, 0.15) is 0 Å². The van der Waals surface area contributed by atoms with Gasteiger partial charge in [0.2, 0.25) is 5.91 Å². The Labute approximate surface area is 185 Å². The molecule has 2 amide bonds. The van der Waals surface area contributed by atoms with Crippen molar-refractivity contribution in [1.82, 2.24) is 10.4 Å². The highest BCUT2D eigenvalue weighted by molar-refractivity contribution is 6.18. The van der Waals surface area contributed by atoms with Gasteiger partial charge in [0.25, 0.3) is 5.91 Å². The van der Waals surface area contributed by atoms with Gasteiger partial charge in [-0.05, 0) is 29.7 Å². The molecule has 3 N–H and O–H groups in total. The highest BCUT2D eigenvalue weighted by atomic mass is 16.2. The van der Waals surface area contributed by atoms with Crippen LogP contribution in [-0.4, -0.2) is 23.0 Å². The predicted octanol–water partition coefficient (Wildman–Crippen LogP) is 4.73. The molecule has 0 bridgehead atoms. The van der Waals surface area contributed by atoms with Crippen molar-refractivity contribution in [1.29, 1.82) is 0 Å². The molecule has 5 rings (SSSR count). The van der Waals surface area contributed by atoms with Gasteiger partial charge in [0.15, 0.2) is 0 Å². The zero-order valence-electron chi connectivity index (χ0n) is 17.6. The number of H-pyrrole nitrogens is 1. The Morgan fingerprint density at radius 3 is 2.50 bits per heavy atom. The summed E-state index contributed by atoms with van der Waals surface area (Å²) in [6, 6.07) is 23.4. The number of hydrogen-bond acceptors (Lipinski definition) is 3. The Morgan fingerprint density at radius 2 is 1.75 bits per heavy atom. The summed E-state index contributed by atoms with van der Waals surface area (Å²) in [6.07, 6.45) is 2.30. The van der Waals surface area contributed by atoms with Crippen molar-refractivity contribution in [2.75, 3.05) is 5.32 Å². The number of amides is 2. The minimum Gasteiger partial charge on any atom is -0.354 e. The monoisotopic (exact) mass is 422 g/mol. The number of nitrogens with zero attached hydrogens (tertiary/aromatic N) is 1. The fraction of sp³-hybridized carbons (Fsp3) is 0.115. The molecule has 158 valence electrons. The molecule has 6 nitrogen and oxygen atoms in total. The van der Waals surface area contributed by atoms with Crippen LogP contribution in [0.1, 0.15) is 28.4 Å². The van der Waals surface area contributed by atoms with E-state index in [0.29, 0.717) is 17.7 Å². The molecular formula is C26H22N4O2. The Balaban J connectivity index is 1.51. The minimum absolute atomic E-state index is 0.0965. The number of carbonyl (C=O) groups is 2. The smallest absolute Gasteiger partial charge is 0.272 e. The molecule has 0 radical (unpaired) electrons. The van der Waals surface area contributed by atoms with Crippen molar-refractivity contribution < 1.29 is 9.59 Å². The second kappa shape index (κ2) is 8.15. The van der Waals surface area contributed by atoms with Gasteiger partial charge in [-0.3, -0.25) is 9.59 Å². The van der Waals surface area contributed by atoms with E-state index >= 15 is 0 Å². The number of aromatic amines is 1. The van der Waals surface area contributed by atoms with Crippen LogP contribution in [0.2, 0.25) is 0 Å². The highest BCUT2D eigenvalue weighted by Crippen LogP contribution is 2.34. The minimum atomic E-state index is -0.308. The van der Waals surface area contributed by atoms with E-state index in [9.17, 15) is 9.59 Å². The van der Waals surface area contributed by atoms with E-state index in [2.05, 4.69) is 20.8 Å². The number of carbonyl (C=O) groups excluding carboxylic acids is 2. The van der Waals surface area contributed by atoms with Gasteiger partial charge in [0.05, 0.1) is 17.5 Å². The lowest BCUT2D eigenvalue weighted by molar-refractivity contribution is -0.119. The van der Waals surface area contributed by atoms with Crippen LogP contribution in [0.25, 0.3) is 22.2 Å². The standard InChI is InChI=1S/C26H22N4O2/c1-16(12-17-8-4-2-5-9-17)25(31)28-19-13-20-23-21(15-27-30-26(20)32)24(29-22(23)14-19)18-10-6-3-7-11-18/h2-11,13-16,29H,12H2,1H3,(H,28,31)(H,30,32)/t16-/m1/s1. The summed E-state index contributed by atoms with van der Waals surface area (Å²) >= 11 is 0. The Kier molecular flexibility index (Phi) is 5.03. The van der Waals surface area contributed by atoms with Crippen molar-refractivity contribution in [2.45, 2.75) is 13.3 Å². The first kappa shape index (κ1) is 19.8. The fourth-order valence-corrected chi connectivity index (χ4v) is 4.11. The number of nitrogens with one attached hydrogen (secondary N) is 3. The summed E-state index contributed by atoms with van der Waals surface area (Å²) in [5.41, 5.74) is 8.19. The molecule has 0 aliphatic carbocycles. The molecule has 6 heteroatoms. The van der Waals surface area contributed by atoms with Crippen LogP contribution in [0, 0.1) is 5.92 Å². The number of benzene rings is 3. The first-order valence-electron chi connectivity index (χ1n) is 10.5. The molecule has 0 fully saturated rings. The summed E-state index contributed by atoms with van der Waals surface area (Å²) in [5.74, 6) is -0.624. The van der Waals surface area contributed by atoms with Crippen molar-refractivity contribution in [3.05, 3.63) is 89.5 Å². The van der Waals surface area contributed by atoms with Crippen LogP contribution < -0.4 is 10.7 Å². The molecule has 2 heterocycles. The number of hydrazone groups is 1. The van der Waals surface area contributed by atoms with Crippen molar-refractivity contribution in [3.8, 4) is 11.3 Å². The van der Waals surface area contributed by atoms with Gasteiger partial charge < -0.3 is 10.3 Å². The van der Waals surface area contributed by atoms with Gasteiger partial charge in [-0.25, -0.2) is 5.43 Å². The van der Waals surface area contributed by atoms with Gasteiger partial charge in [-0.15, -0.1) is 0 Å². The summed E-state index contributed by atoms with van der Waals surface area (Å²) in [7, 11) is 0. The van der Waals surface area contributed by atoms with E-state index in [1.54, 1.807) is 12.3 Å². The van der Waals surface area contributed by atoms with Crippen molar-refractivity contribution in [3.63, 3.8) is 0 Å². The lowest BCUT2D eigenvalue weighted by atomic mass is 9.99. The van der Waals surface area contributed by atoms with Crippen molar-refractivity contribution >= 4 is 34.6 Å². The van der Waals surface area contributed by atoms with Crippen LogP contribution >= 0.6 is 0 Å². The van der Waals surface area contributed by atoms with Gasteiger partial charge in [0, 0.05) is 28.1 Å². The normalized spacial score (nSPS) is 13.5. The SMILES string of the molecule is C[C@H](Cc1ccccc1)C(=O)Nc1cc2c3c(c(-c4ccccc4)[nH]c3c1)C=NNC2=O. The zero-order valence-corrected chi connectivity index (χ0v) is 17.6. The highest BCUT2D eigenvalue weighted by Gasteiger charge is 2.23. The van der Waals surface area contributed by atoms with E-state index in [-0.39, 0.29) is 17.7 Å². The molecule has 1 aliphatic rings.